The van der Waals surface area contributed by atoms with Crippen LogP contribution in [0.1, 0.15) is 0 Å². The standard InChI is InChI=1S/C23H14Cl3NO4/c24-14-6-9-19-16(10-14)21(29)23(22(31-19)13-4-2-1-3-5-13)30-12-20(28)27-15-7-8-17(25)18(26)11-15/h1-11H,12H2,(H,27,28). The molecule has 0 aliphatic heterocycles. The molecule has 1 N–H and O–H groups in total. The first kappa shape index (κ1) is 21.2. The van der Waals surface area contributed by atoms with Gasteiger partial charge >= 0.3 is 0 Å². The molecule has 0 aliphatic rings. The van der Waals surface area contributed by atoms with Crippen LogP contribution in [0.25, 0.3) is 22.3 Å². The van der Waals surface area contributed by atoms with Crippen molar-refractivity contribution in [1.82, 2.24) is 0 Å². The third-order valence-corrected chi connectivity index (χ3v) is 5.37. The van der Waals surface area contributed by atoms with Crippen LogP contribution in [-0.4, -0.2) is 12.5 Å². The first-order chi connectivity index (χ1) is 14.9. The maximum atomic E-state index is 13.1. The summed E-state index contributed by atoms with van der Waals surface area (Å²) in [6, 6.07) is 18.5. The predicted octanol–water partition coefficient (Wildman–Crippen LogP) is 6.44. The van der Waals surface area contributed by atoms with Crippen LogP contribution >= 0.6 is 34.8 Å². The fourth-order valence-electron chi connectivity index (χ4n) is 2.97. The summed E-state index contributed by atoms with van der Waals surface area (Å²) in [5.41, 5.74) is 1.02. The summed E-state index contributed by atoms with van der Waals surface area (Å²) in [4.78, 5) is 25.5. The van der Waals surface area contributed by atoms with Gasteiger partial charge in [-0.3, -0.25) is 9.59 Å². The Balaban J connectivity index is 1.67. The summed E-state index contributed by atoms with van der Waals surface area (Å²) in [5, 5.41) is 3.96. The van der Waals surface area contributed by atoms with E-state index in [1.165, 1.54) is 12.1 Å². The number of carbonyl (C=O) groups excluding carboxylic acids is 1. The Morgan fingerprint density at radius 2 is 1.71 bits per heavy atom. The Morgan fingerprint density at radius 1 is 0.935 bits per heavy atom. The minimum atomic E-state index is -0.483. The van der Waals surface area contributed by atoms with E-state index >= 15 is 0 Å². The molecule has 0 radical (unpaired) electrons. The Hall–Kier alpha value is -2.99. The third-order valence-electron chi connectivity index (χ3n) is 4.40. The van der Waals surface area contributed by atoms with Crippen LogP contribution in [0.15, 0.2) is 75.9 Å². The van der Waals surface area contributed by atoms with Crippen molar-refractivity contribution in [2.24, 2.45) is 0 Å². The van der Waals surface area contributed by atoms with Gasteiger partial charge in [0.15, 0.2) is 12.4 Å². The maximum Gasteiger partial charge on any atom is 0.262 e. The molecule has 0 unspecified atom stereocenters. The second-order valence-electron chi connectivity index (χ2n) is 6.56. The normalized spacial score (nSPS) is 10.8. The van der Waals surface area contributed by atoms with Gasteiger partial charge in [-0.05, 0) is 36.4 Å². The van der Waals surface area contributed by atoms with Gasteiger partial charge in [0.05, 0.1) is 15.4 Å². The van der Waals surface area contributed by atoms with E-state index in [9.17, 15) is 9.59 Å². The molecule has 0 atom stereocenters. The number of benzene rings is 3. The average molecular weight is 475 g/mol. The summed E-state index contributed by atoms with van der Waals surface area (Å²) < 4.78 is 11.6. The van der Waals surface area contributed by atoms with E-state index in [1.54, 1.807) is 36.4 Å². The molecule has 0 aliphatic carbocycles. The molecule has 1 aromatic heterocycles. The van der Waals surface area contributed by atoms with Gasteiger partial charge < -0.3 is 14.5 Å². The van der Waals surface area contributed by atoms with Crippen molar-refractivity contribution in [2.75, 3.05) is 11.9 Å². The fraction of sp³-hybridized carbons (Fsp3) is 0.0435. The smallest absolute Gasteiger partial charge is 0.262 e. The summed E-state index contributed by atoms with van der Waals surface area (Å²) in [7, 11) is 0. The van der Waals surface area contributed by atoms with E-state index in [-0.39, 0.29) is 16.9 Å². The third kappa shape index (κ3) is 4.69. The van der Waals surface area contributed by atoms with Crippen molar-refractivity contribution < 1.29 is 13.9 Å². The van der Waals surface area contributed by atoms with Gasteiger partial charge in [0, 0.05) is 16.3 Å². The van der Waals surface area contributed by atoms with Gasteiger partial charge in [-0.2, -0.15) is 0 Å². The maximum absolute atomic E-state index is 13.1. The summed E-state index contributed by atoms with van der Waals surface area (Å²) in [6.07, 6.45) is 0. The Labute approximate surface area is 192 Å². The molecule has 3 aromatic carbocycles. The lowest BCUT2D eigenvalue weighted by Gasteiger charge is -2.12. The number of anilines is 1. The van der Waals surface area contributed by atoms with Crippen molar-refractivity contribution in [3.05, 3.63) is 92.0 Å². The molecule has 5 nitrogen and oxygen atoms in total. The molecule has 156 valence electrons. The van der Waals surface area contributed by atoms with Gasteiger partial charge in [0.2, 0.25) is 11.2 Å². The number of hydrogen-bond acceptors (Lipinski definition) is 4. The molecule has 4 aromatic rings. The molecule has 4 rings (SSSR count). The van der Waals surface area contributed by atoms with E-state index in [4.69, 9.17) is 44.0 Å². The second-order valence-corrected chi connectivity index (χ2v) is 7.81. The highest BCUT2D eigenvalue weighted by Crippen LogP contribution is 2.31. The Kier molecular flexibility index (Phi) is 6.18. The molecule has 0 saturated carbocycles. The lowest BCUT2D eigenvalue weighted by molar-refractivity contribution is -0.118. The van der Waals surface area contributed by atoms with Crippen LogP contribution < -0.4 is 15.5 Å². The molecule has 8 heteroatoms. The topological polar surface area (TPSA) is 68.5 Å². The van der Waals surface area contributed by atoms with E-state index < -0.39 is 17.9 Å². The largest absolute Gasteiger partial charge is 0.476 e. The van der Waals surface area contributed by atoms with Crippen LogP contribution in [0, 0.1) is 0 Å². The highest BCUT2D eigenvalue weighted by Gasteiger charge is 2.19. The predicted molar refractivity (Wildman–Crippen MR) is 124 cm³/mol. The van der Waals surface area contributed by atoms with Crippen molar-refractivity contribution in [3.63, 3.8) is 0 Å². The van der Waals surface area contributed by atoms with Crippen molar-refractivity contribution in [2.45, 2.75) is 0 Å². The molecular weight excluding hydrogens is 461 g/mol. The summed E-state index contributed by atoms with van der Waals surface area (Å²) >= 11 is 17.9. The van der Waals surface area contributed by atoms with Crippen LogP contribution in [0.2, 0.25) is 15.1 Å². The highest BCUT2D eigenvalue weighted by atomic mass is 35.5. The van der Waals surface area contributed by atoms with Crippen molar-refractivity contribution in [1.29, 1.82) is 0 Å². The molecule has 0 saturated heterocycles. The molecule has 0 fully saturated rings. The van der Waals surface area contributed by atoms with Gasteiger partial charge in [0.1, 0.15) is 5.58 Å². The van der Waals surface area contributed by atoms with Crippen molar-refractivity contribution in [3.8, 4) is 17.1 Å². The number of amides is 1. The average Bonchev–Trinajstić information content (AvgIpc) is 2.76. The Bertz CT molecular complexity index is 1340. The first-order valence-corrected chi connectivity index (χ1v) is 10.3. The number of rotatable bonds is 5. The summed E-state index contributed by atoms with van der Waals surface area (Å²) in [5.74, 6) is -0.337. The van der Waals surface area contributed by atoms with Gasteiger partial charge in [-0.15, -0.1) is 0 Å². The van der Waals surface area contributed by atoms with Crippen molar-refractivity contribution >= 4 is 57.4 Å². The summed E-state index contributed by atoms with van der Waals surface area (Å²) in [6.45, 7) is -0.420. The van der Waals surface area contributed by atoms with Crippen LogP contribution in [-0.2, 0) is 4.79 Å². The van der Waals surface area contributed by atoms with E-state index in [0.717, 1.165) is 0 Å². The highest BCUT2D eigenvalue weighted by molar-refractivity contribution is 6.42. The van der Waals surface area contributed by atoms with Gasteiger partial charge in [-0.1, -0.05) is 65.1 Å². The zero-order valence-electron chi connectivity index (χ0n) is 15.8. The minimum absolute atomic E-state index is 0.0785. The lowest BCUT2D eigenvalue weighted by Crippen LogP contribution is -2.22. The number of ether oxygens (including phenoxy) is 1. The number of fused-ring (bicyclic) bond motifs is 1. The number of nitrogens with one attached hydrogen (secondary N) is 1. The fourth-order valence-corrected chi connectivity index (χ4v) is 3.44. The molecule has 0 bridgehead atoms. The van der Waals surface area contributed by atoms with Gasteiger partial charge in [-0.25, -0.2) is 0 Å². The SMILES string of the molecule is O=C(COc1c(-c2ccccc2)oc2ccc(Cl)cc2c1=O)Nc1ccc(Cl)c(Cl)c1. The quantitative estimate of drug-likeness (QED) is 0.361. The molecular formula is C23H14Cl3NO4. The molecule has 31 heavy (non-hydrogen) atoms. The van der Waals surface area contributed by atoms with Crippen LogP contribution in [0.5, 0.6) is 5.75 Å². The molecule has 1 amide bonds. The first-order valence-electron chi connectivity index (χ1n) is 9.12. The van der Waals surface area contributed by atoms with Crippen LogP contribution in [0.3, 0.4) is 0 Å². The molecule has 0 spiro atoms. The number of halogens is 3. The number of hydrogen-bond donors (Lipinski definition) is 1. The zero-order chi connectivity index (χ0) is 22.0. The van der Waals surface area contributed by atoms with E-state index in [2.05, 4.69) is 5.32 Å². The zero-order valence-corrected chi connectivity index (χ0v) is 18.1. The van der Waals surface area contributed by atoms with E-state index in [1.807, 2.05) is 18.2 Å². The Morgan fingerprint density at radius 3 is 2.45 bits per heavy atom. The lowest BCUT2D eigenvalue weighted by atomic mass is 10.1. The minimum Gasteiger partial charge on any atom is -0.476 e. The monoisotopic (exact) mass is 473 g/mol. The van der Waals surface area contributed by atoms with Crippen LogP contribution in [0.4, 0.5) is 5.69 Å². The van der Waals surface area contributed by atoms with E-state index in [0.29, 0.717) is 31.9 Å². The molecule has 1 heterocycles. The van der Waals surface area contributed by atoms with Gasteiger partial charge in [0.25, 0.3) is 5.91 Å². The second kappa shape index (κ2) is 9.02. The number of carbonyl (C=O) groups is 1.